The third-order valence-corrected chi connectivity index (χ3v) is 12.9. The van der Waals surface area contributed by atoms with E-state index in [-0.39, 0.29) is 44.5 Å². The number of aliphatic hydroxyl groups excluding tert-OH is 2. The predicted molar refractivity (Wildman–Crippen MR) is 132 cm³/mol. The largest absolute Gasteiger partial charge is 0.393 e. The monoisotopic (exact) mass is 456 g/mol. The number of aliphatic hydroxyl groups is 2. The Kier molecular flexibility index (Phi) is 4.92. The molecular formula is C30H48O3. The van der Waals surface area contributed by atoms with Crippen LogP contribution >= 0.6 is 0 Å². The Morgan fingerprint density at radius 3 is 2.21 bits per heavy atom. The van der Waals surface area contributed by atoms with Crippen LogP contribution in [0, 0.1) is 50.2 Å². The molecule has 0 heterocycles. The van der Waals surface area contributed by atoms with Crippen LogP contribution in [0.2, 0.25) is 0 Å². The highest BCUT2D eigenvalue weighted by Gasteiger charge is 2.70. The summed E-state index contributed by atoms with van der Waals surface area (Å²) < 4.78 is 0. The van der Waals surface area contributed by atoms with E-state index in [0.717, 1.165) is 44.9 Å². The molecule has 0 aromatic carbocycles. The van der Waals surface area contributed by atoms with Crippen LogP contribution in [0.25, 0.3) is 0 Å². The number of carbonyl (C=O) groups excluding carboxylic acids is 1. The first-order valence-electron chi connectivity index (χ1n) is 13.6. The fourth-order valence-electron chi connectivity index (χ4n) is 10.5. The summed E-state index contributed by atoms with van der Waals surface area (Å²) in [6.07, 6.45) is 9.49. The Labute approximate surface area is 201 Å². The molecule has 0 amide bonds. The van der Waals surface area contributed by atoms with Gasteiger partial charge >= 0.3 is 0 Å². The van der Waals surface area contributed by atoms with Gasteiger partial charge in [0.2, 0.25) is 0 Å². The second kappa shape index (κ2) is 6.75. The van der Waals surface area contributed by atoms with Gasteiger partial charge in [0.25, 0.3) is 0 Å². The van der Waals surface area contributed by atoms with Crippen molar-refractivity contribution in [1.29, 1.82) is 0 Å². The molecule has 0 aliphatic heterocycles. The van der Waals surface area contributed by atoms with Crippen molar-refractivity contribution in [1.82, 2.24) is 0 Å². The fraction of sp³-hybridized carbons (Fsp3) is 0.900. The quantitative estimate of drug-likeness (QED) is 0.419. The molecule has 5 aliphatic rings. The standard InChI is InChI=1S/C30H48O3/c1-25(2)16-19-18-15-20(31)24-28(6)11-10-22(32)26(3,4)21(28)9-12-30(24,8)29(18,7)14-13-27(19,5)17-23(25)33/h15,19-21,23-24,31,33H,9-14,16-17H2,1-8H3. The van der Waals surface area contributed by atoms with Crippen LogP contribution in [-0.4, -0.2) is 28.2 Å². The van der Waals surface area contributed by atoms with Crippen molar-refractivity contribution in [3.8, 4) is 0 Å². The van der Waals surface area contributed by atoms with E-state index in [0.29, 0.717) is 24.0 Å². The van der Waals surface area contributed by atoms with Gasteiger partial charge in [0.15, 0.2) is 0 Å². The molecule has 5 aliphatic carbocycles. The van der Waals surface area contributed by atoms with Gasteiger partial charge in [0, 0.05) is 17.8 Å². The van der Waals surface area contributed by atoms with Crippen molar-refractivity contribution in [2.45, 2.75) is 119 Å². The summed E-state index contributed by atoms with van der Waals surface area (Å²) >= 11 is 0. The maximum atomic E-state index is 12.9. The minimum absolute atomic E-state index is 0.0162. The first-order chi connectivity index (χ1) is 15.0. The lowest BCUT2D eigenvalue weighted by molar-refractivity contribution is -0.208. The van der Waals surface area contributed by atoms with Gasteiger partial charge in [-0.05, 0) is 83.9 Å². The summed E-state index contributed by atoms with van der Waals surface area (Å²) in [4.78, 5) is 12.9. The van der Waals surface area contributed by atoms with E-state index in [2.05, 4.69) is 61.5 Å². The molecule has 9 atom stereocenters. The van der Waals surface area contributed by atoms with E-state index in [4.69, 9.17) is 0 Å². The highest BCUT2D eigenvalue weighted by Crippen LogP contribution is 2.75. The highest BCUT2D eigenvalue weighted by atomic mass is 16.3. The van der Waals surface area contributed by atoms with E-state index in [1.54, 1.807) is 0 Å². The van der Waals surface area contributed by atoms with E-state index in [1.807, 2.05) is 0 Å². The zero-order valence-corrected chi connectivity index (χ0v) is 22.4. The molecule has 33 heavy (non-hydrogen) atoms. The fourth-order valence-corrected chi connectivity index (χ4v) is 10.5. The molecule has 3 heteroatoms. The summed E-state index contributed by atoms with van der Waals surface area (Å²) in [5.41, 5.74) is 1.30. The van der Waals surface area contributed by atoms with Crippen molar-refractivity contribution >= 4 is 5.78 Å². The zero-order valence-electron chi connectivity index (χ0n) is 22.4. The smallest absolute Gasteiger partial charge is 0.138 e. The Hall–Kier alpha value is -0.670. The van der Waals surface area contributed by atoms with E-state index in [1.165, 1.54) is 5.57 Å². The molecule has 0 spiro atoms. The number of hydrogen-bond acceptors (Lipinski definition) is 3. The molecule has 3 nitrogen and oxygen atoms in total. The first-order valence-corrected chi connectivity index (χ1v) is 13.6. The van der Waals surface area contributed by atoms with Gasteiger partial charge < -0.3 is 10.2 Å². The molecule has 0 saturated heterocycles. The van der Waals surface area contributed by atoms with Crippen molar-refractivity contribution in [2.75, 3.05) is 0 Å². The van der Waals surface area contributed by atoms with Gasteiger partial charge in [-0.1, -0.05) is 67.0 Å². The lowest BCUT2D eigenvalue weighted by Crippen LogP contribution is -2.67. The molecule has 2 N–H and O–H groups in total. The number of hydrogen-bond donors (Lipinski definition) is 2. The molecule has 0 bridgehead atoms. The van der Waals surface area contributed by atoms with Gasteiger partial charge in [-0.25, -0.2) is 0 Å². The van der Waals surface area contributed by atoms with Gasteiger partial charge in [-0.15, -0.1) is 0 Å². The van der Waals surface area contributed by atoms with Crippen LogP contribution in [0.1, 0.15) is 107 Å². The van der Waals surface area contributed by atoms with Crippen molar-refractivity contribution in [3.05, 3.63) is 11.6 Å². The molecule has 186 valence electrons. The minimum atomic E-state index is -0.452. The molecule has 4 fully saturated rings. The summed E-state index contributed by atoms with van der Waals surface area (Å²) in [6.45, 7) is 18.6. The molecule has 0 aromatic rings. The summed E-state index contributed by atoms with van der Waals surface area (Å²) in [6, 6.07) is 0. The summed E-state index contributed by atoms with van der Waals surface area (Å²) in [5, 5.41) is 22.8. The number of Topliss-reactive ketones (excluding diaryl/α,β-unsaturated/α-hetero) is 1. The third-order valence-electron chi connectivity index (χ3n) is 12.9. The minimum Gasteiger partial charge on any atom is -0.393 e. The van der Waals surface area contributed by atoms with Gasteiger partial charge in [0.05, 0.1) is 12.2 Å². The van der Waals surface area contributed by atoms with Crippen LogP contribution < -0.4 is 0 Å². The van der Waals surface area contributed by atoms with Crippen LogP contribution in [0.4, 0.5) is 0 Å². The third kappa shape index (κ3) is 2.85. The number of fused-ring (bicyclic) bond motifs is 7. The van der Waals surface area contributed by atoms with Crippen LogP contribution in [-0.2, 0) is 4.79 Å². The molecule has 4 saturated carbocycles. The summed E-state index contributed by atoms with van der Waals surface area (Å²) in [5.74, 6) is 1.38. The Balaban J connectivity index is 1.62. The lowest BCUT2D eigenvalue weighted by atomic mass is 9.33. The highest BCUT2D eigenvalue weighted by molar-refractivity contribution is 5.85. The van der Waals surface area contributed by atoms with E-state index in [9.17, 15) is 15.0 Å². The normalized spacial score (nSPS) is 54.9. The van der Waals surface area contributed by atoms with E-state index >= 15 is 0 Å². The zero-order chi connectivity index (χ0) is 24.4. The molecule has 0 aromatic heterocycles. The van der Waals surface area contributed by atoms with Crippen molar-refractivity contribution in [3.63, 3.8) is 0 Å². The van der Waals surface area contributed by atoms with Gasteiger partial charge in [-0.2, -0.15) is 0 Å². The average molecular weight is 457 g/mol. The summed E-state index contributed by atoms with van der Waals surface area (Å²) in [7, 11) is 0. The SMILES string of the molecule is CC1(C)CC2C3=CC(O)C4C5(C)CCC(=O)C(C)(C)C5CCC4(C)C3(C)CCC2(C)CC1O. The van der Waals surface area contributed by atoms with E-state index < -0.39 is 6.10 Å². The molecule has 0 radical (unpaired) electrons. The average Bonchev–Trinajstić information content (AvgIpc) is 2.69. The first kappa shape index (κ1) is 24.0. The maximum absolute atomic E-state index is 12.9. The number of allylic oxidation sites excluding steroid dienone is 1. The van der Waals surface area contributed by atoms with Crippen molar-refractivity contribution in [2.24, 2.45) is 50.2 Å². The van der Waals surface area contributed by atoms with Gasteiger partial charge in [-0.3, -0.25) is 4.79 Å². The second-order valence-electron chi connectivity index (χ2n) is 15.2. The second-order valence-corrected chi connectivity index (χ2v) is 15.2. The Morgan fingerprint density at radius 1 is 0.879 bits per heavy atom. The number of ketones is 1. The van der Waals surface area contributed by atoms with Crippen LogP contribution in [0.5, 0.6) is 0 Å². The Morgan fingerprint density at radius 2 is 1.55 bits per heavy atom. The molecule has 5 rings (SSSR count). The predicted octanol–water partition coefficient (Wildman–Crippen LogP) is 6.32. The van der Waals surface area contributed by atoms with Crippen molar-refractivity contribution < 1.29 is 15.0 Å². The number of rotatable bonds is 0. The van der Waals surface area contributed by atoms with Crippen LogP contribution in [0.3, 0.4) is 0 Å². The topological polar surface area (TPSA) is 57.5 Å². The number of carbonyl (C=O) groups is 1. The van der Waals surface area contributed by atoms with Crippen LogP contribution in [0.15, 0.2) is 11.6 Å². The maximum Gasteiger partial charge on any atom is 0.138 e. The molecule has 9 unspecified atom stereocenters. The van der Waals surface area contributed by atoms with Gasteiger partial charge in [0.1, 0.15) is 5.78 Å². The molecular weight excluding hydrogens is 408 g/mol. The lowest BCUT2D eigenvalue weighted by Gasteiger charge is -2.71. The Bertz CT molecular complexity index is 900.